The molecule has 0 spiro atoms. The van der Waals surface area contributed by atoms with E-state index in [9.17, 15) is 9.90 Å². The molecule has 2 rings (SSSR count). The number of carbonyl (C=O) groups excluding carboxylic acids is 1. The zero-order chi connectivity index (χ0) is 16.4. The first-order valence-electron chi connectivity index (χ1n) is 7.79. The normalized spacial score (nSPS) is 17.3. The molecule has 1 saturated carbocycles. The van der Waals surface area contributed by atoms with Gasteiger partial charge < -0.3 is 15.6 Å². The van der Waals surface area contributed by atoms with Gasteiger partial charge in [0.15, 0.2) is 0 Å². The highest BCUT2D eigenvalue weighted by Crippen LogP contribution is 2.42. The number of carbonyl (C=O) groups is 1. The SMILES string of the molecule is CC(C)(C)OC(=O)Nc1ccc(C2(CN)CCCC2)cc1O. The lowest BCUT2D eigenvalue weighted by Crippen LogP contribution is -2.32. The number of phenolic OH excluding ortho intramolecular Hbond substituents is 1. The molecule has 122 valence electrons. The molecule has 0 heterocycles. The van der Waals surface area contributed by atoms with E-state index in [4.69, 9.17) is 10.5 Å². The van der Waals surface area contributed by atoms with E-state index < -0.39 is 11.7 Å². The maximum absolute atomic E-state index is 11.8. The number of amides is 1. The van der Waals surface area contributed by atoms with Crippen molar-refractivity contribution in [2.75, 3.05) is 11.9 Å². The van der Waals surface area contributed by atoms with E-state index in [0.29, 0.717) is 12.2 Å². The van der Waals surface area contributed by atoms with E-state index >= 15 is 0 Å². The summed E-state index contributed by atoms with van der Waals surface area (Å²) in [7, 11) is 0. The summed E-state index contributed by atoms with van der Waals surface area (Å²) in [6, 6.07) is 5.36. The molecule has 1 aliphatic rings. The Kier molecular flexibility index (Phi) is 4.66. The van der Waals surface area contributed by atoms with E-state index in [1.165, 1.54) is 0 Å². The van der Waals surface area contributed by atoms with Gasteiger partial charge in [0, 0.05) is 12.0 Å². The Morgan fingerprint density at radius 3 is 2.50 bits per heavy atom. The molecule has 4 N–H and O–H groups in total. The Bertz CT molecular complexity index is 543. The lowest BCUT2D eigenvalue weighted by atomic mass is 9.79. The molecule has 0 aromatic heterocycles. The summed E-state index contributed by atoms with van der Waals surface area (Å²) < 4.78 is 5.19. The Morgan fingerprint density at radius 2 is 2.00 bits per heavy atom. The second-order valence-corrected chi connectivity index (χ2v) is 7.05. The molecule has 1 fully saturated rings. The summed E-state index contributed by atoms with van der Waals surface area (Å²) in [5.74, 6) is 0.0445. The van der Waals surface area contributed by atoms with Gasteiger partial charge in [-0.25, -0.2) is 4.79 Å². The van der Waals surface area contributed by atoms with E-state index in [-0.39, 0.29) is 11.2 Å². The van der Waals surface area contributed by atoms with Crippen molar-refractivity contribution in [1.82, 2.24) is 0 Å². The second-order valence-electron chi connectivity index (χ2n) is 7.05. The summed E-state index contributed by atoms with van der Waals surface area (Å²) in [5.41, 5.74) is 6.74. The van der Waals surface area contributed by atoms with Crippen molar-refractivity contribution in [2.45, 2.75) is 57.5 Å². The van der Waals surface area contributed by atoms with E-state index in [2.05, 4.69) is 5.32 Å². The van der Waals surface area contributed by atoms with Gasteiger partial charge in [0.25, 0.3) is 0 Å². The van der Waals surface area contributed by atoms with Gasteiger partial charge in [0.05, 0.1) is 5.69 Å². The number of phenols is 1. The molecular formula is C17H26N2O3. The lowest BCUT2D eigenvalue weighted by Gasteiger charge is -2.28. The number of hydrogen-bond donors (Lipinski definition) is 3. The van der Waals surface area contributed by atoms with Crippen molar-refractivity contribution in [3.63, 3.8) is 0 Å². The van der Waals surface area contributed by atoms with Gasteiger partial charge >= 0.3 is 6.09 Å². The minimum Gasteiger partial charge on any atom is -0.506 e. The molecule has 5 heteroatoms. The summed E-state index contributed by atoms with van der Waals surface area (Å²) >= 11 is 0. The number of benzene rings is 1. The van der Waals surface area contributed by atoms with Crippen LogP contribution in [-0.2, 0) is 10.2 Å². The molecule has 0 radical (unpaired) electrons. The third-order valence-electron chi connectivity index (χ3n) is 4.20. The zero-order valence-electron chi connectivity index (χ0n) is 13.6. The van der Waals surface area contributed by atoms with Crippen LogP contribution in [0.2, 0.25) is 0 Å². The smallest absolute Gasteiger partial charge is 0.412 e. The molecule has 1 amide bonds. The second kappa shape index (κ2) is 6.16. The van der Waals surface area contributed by atoms with Crippen molar-refractivity contribution in [2.24, 2.45) is 5.73 Å². The van der Waals surface area contributed by atoms with Crippen LogP contribution in [0.15, 0.2) is 18.2 Å². The topological polar surface area (TPSA) is 84.6 Å². The molecule has 1 aromatic rings. The maximum atomic E-state index is 11.8. The van der Waals surface area contributed by atoms with Crippen LogP contribution in [0.25, 0.3) is 0 Å². The average molecular weight is 306 g/mol. The molecule has 1 aromatic carbocycles. The van der Waals surface area contributed by atoms with Crippen molar-refractivity contribution >= 4 is 11.8 Å². The Morgan fingerprint density at radius 1 is 1.36 bits per heavy atom. The molecule has 1 aliphatic carbocycles. The van der Waals surface area contributed by atoms with Gasteiger partial charge in [-0.15, -0.1) is 0 Å². The number of anilines is 1. The summed E-state index contributed by atoms with van der Waals surface area (Å²) in [6.07, 6.45) is 3.83. The van der Waals surface area contributed by atoms with Crippen LogP contribution in [0.1, 0.15) is 52.0 Å². The first-order valence-corrected chi connectivity index (χ1v) is 7.79. The Labute approximate surface area is 131 Å². The van der Waals surface area contributed by atoms with Gasteiger partial charge in [-0.05, 0) is 51.3 Å². The van der Waals surface area contributed by atoms with Gasteiger partial charge in [-0.3, -0.25) is 5.32 Å². The first kappa shape index (κ1) is 16.6. The van der Waals surface area contributed by atoms with E-state index in [1.54, 1.807) is 32.9 Å². The summed E-state index contributed by atoms with van der Waals surface area (Å²) in [4.78, 5) is 11.8. The molecule has 0 unspecified atom stereocenters. The summed E-state index contributed by atoms with van der Waals surface area (Å²) in [6.45, 7) is 5.95. The number of ether oxygens (including phenoxy) is 1. The molecular weight excluding hydrogens is 280 g/mol. The highest BCUT2D eigenvalue weighted by Gasteiger charge is 2.34. The molecule has 0 atom stereocenters. The van der Waals surface area contributed by atoms with Gasteiger partial charge in [0.2, 0.25) is 0 Å². The standard InChI is InChI=1S/C17H26N2O3/c1-16(2,3)22-15(21)19-13-7-6-12(10-14(13)20)17(11-18)8-4-5-9-17/h6-7,10,20H,4-5,8-9,11,18H2,1-3H3,(H,19,21). The molecule has 0 aliphatic heterocycles. The Hall–Kier alpha value is -1.75. The fraction of sp³-hybridized carbons (Fsp3) is 0.588. The average Bonchev–Trinajstić information content (AvgIpc) is 2.89. The van der Waals surface area contributed by atoms with Crippen LogP contribution >= 0.6 is 0 Å². The number of nitrogens with one attached hydrogen (secondary N) is 1. The predicted octanol–water partition coefficient (Wildman–Crippen LogP) is 3.51. The van der Waals surface area contributed by atoms with Crippen LogP contribution < -0.4 is 11.1 Å². The van der Waals surface area contributed by atoms with Gasteiger partial charge in [0.1, 0.15) is 11.4 Å². The fourth-order valence-corrected chi connectivity index (χ4v) is 3.04. The minimum absolute atomic E-state index is 0.0398. The van der Waals surface area contributed by atoms with Crippen LogP contribution in [-0.4, -0.2) is 23.3 Å². The quantitative estimate of drug-likeness (QED) is 0.746. The zero-order valence-corrected chi connectivity index (χ0v) is 13.6. The molecule has 5 nitrogen and oxygen atoms in total. The predicted molar refractivity (Wildman–Crippen MR) is 87.2 cm³/mol. The van der Waals surface area contributed by atoms with Crippen molar-refractivity contribution in [1.29, 1.82) is 0 Å². The highest BCUT2D eigenvalue weighted by molar-refractivity contribution is 5.87. The third-order valence-corrected chi connectivity index (χ3v) is 4.20. The van der Waals surface area contributed by atoms with Gasteiger partial charge in [-0.1, -0.05) is 18.9 Å². The number of rotatable bonds is 3. The van der Waals surface area contributed by atoms with Gasteiger partial charge in [-0.2, -0.15) is 0 Å². The lowest BCUT2D eigenvalue weighted by molar-refractivity contribution is 0.0635. The number of hydrogen-bond acceptors (Lipinski definition) is 4. The molecule has 0 saturated heterocycles. The number of aromatic hydroxyl groups is 1. The number of nitrogens with two attached hydrogens (primary N) is 1. The maximum Gasteiger partial charge on any atom is 0.412 e. The van der Waals surface area contributed by atoms with Crippen LogP contribution in [0.5, 0.6) is 5.75 Å². The van der Waals surface area contributed by atoms with Crippen LogP contribution in [0.4, 0.5) is 10.5 Å². The van der Waals surface area contributed by atoms with Crippen molar-refractivity contribution in [3.8, 4) is 5.75 Å². The van der Waals surface area contributed by atoms with E-state index in [0.717, 1.165) is 31.2 Å². The molecule has 0 bridgehead atoms. The van der Waals surface area contributed by atoms with Crippen molar-refractivity contribution in [3.05, 3.63) is 23.8 Å². The van der Waals surface area contributed by atoms with Crippen LogP contribution in [0.3, 0.4) is 0 Å². The summed E-state index contributed by atoms with van der Waals surface area (Å²) in [5, 5.41) is 12.8. The fourth-order valence-electron chi connectivity index (χ4n) is 3.04. The van der Waals surface area contributed by atoms with Crippen LogP contribution in [0, 0.1) is 0 Å². The monoisotopic (exact) mass is 306 g/mol. The third kappa shape index (κ3) is 3.71. The Balaban J connectivity index is 2.15. The largest absolute Gasteiger partial charge is 0.506 e. The first-order chi connectivity index (χ1) is 10.3. The highest BCUT2D eigenvalue weighted by atomic mass is 16.6. The van der Waals surface area contributed by atoms with E-state index in [1.807, 2.05) is 6.07 Å². The van der Waals surface area contributed by atoms with Crippen molar-refractivity contribution < 1.29 is 14.6 Å². The molecule has 22 heavy (non-hydrogen) atoms. The minimum atomic E-state index is -0.579.